The van der Waals surface area contributed by atoms with Crippen LogP contribution < -0.4 is 4.74 Å². The molecule has 0 bridgehead atoms. The lowest BCUT2D eigenvalue weighted by Gasteiger charge is -2.23. The van der Waals surface area contributed by atoms with E-state index in [0.717, 1.165) is 26.8 Å². The Morgan fingerprint density at radius 1 is 1.00 bits per heavy atom. The molecule has 0 radical (unpaired) electrons. The number of carbonyl (C=O) groups excluding carboxylic acids is 1. The van der Waals surface area contributed by atoms with E-state index >= 15 is 0 Å². The van der Waals surface area contributed by atoms with Crippen LogP contribution >= 0.6 is 27.3 Å². The maximum absolute atomic E-state index is 12.7. The zero-order valence-corrected chi connectivity index (χ0v) is 20.1. The lowest BCUT2D eigenvalue weighted by atomic mass is 10.0. The minimum absolute atomic E-state index is 0.324. The highest BCUT2D eigenvalue weighted by Crippen LogP contribution is 2.39. The van der Waals surface area contributed by atoms with Crippen molar-refractivity contribution < 1.29 is 14.3 Å². The van der Waals surface area contributed by atoms with Gasteiger partial charge in [0.15, 0.2) is 11.4 Å². The third kappa shape index (κ3) is 3.98. The van der Waals surface area contributed by atoms with Crippen LogP contribution in [0.5, 0.6) is 5.75 Å². The fraction of sp³-hybridized carbons (Fsp3) is 0.115. The van der Waals surface area contributed by atoms with Crippen LogP contribution in [0.1, 0.15) is 33.2 Å². The molecule has 0 N–H and O–H groups in total. The number of hydrogen-bond acceptors (Lipinski definition) is 6. The van der Waals surface area contributed by atoms with E-state index in [9.17, 15) is 4.79 Å². The van der Waals surface area contributed by atoms with Crippen molar-refractivity contribution in [3.63, 3.8) is 0 Å². The monoisotopic (exact) mass is 518 g/mol. The molecule has 0 amide bonds. The van der Waals surface area contributed by atoms with Gasteiger partial charge in [0.1, 0.15) is 17.2 Å². The first-order valence-electron chi connectivity index (χ1n) is 10.3. The number of nitrogens with zero attached hydrogens (tertiary/aromatic N) is 2. The van der Waals surface area contributed by atoms with Crippen LogP contribution in [-0.2, 0) is 10.1 Å². The van der Waals surface area contributed by atoms with Crippen molar-refractivity contribution in [1.29, 1.82) is 0 Å². The molecule has 0 saturated heterocycles. The van der Waals surface area contributed by atoms with E-state index in [4.69, 9.17) is 14.5 Å². The van der Waals surface area contributed by atoms with Gasteiger partial charge in [-0.2, -0.15) is 0 Å². The molecular weight excluding hydrogens is 500 g/mol. The van der Waals surface area contributed by atoms with Gasteiger partial charge >= 0.3 is 5.97 Å². The SMILES string of the molecule is COC(=O)c1ccc2c(CBr)c3scnc3nc2c1OC(c1ccccc1)c1ccccc1. The Balaban J connectivity index is 1.78. The van der Waals surface area contributed by atoms with Crippen LogP contribution in [0.25, 0.3) is 21.3 Å². The molecular formula is C26H19BrN2O3S. The molecule has 164 valence electrons. The van der Waals surface area contributed by atoms with Gasteiger partial charge in [-0.25, -0.2) is 14.8 Å². The Morgan fingerprint density at radius 3 is 2.27 bits per heavy atom. The van der Waals surface area contributed by atoms with Gasteiger partial charge in [-0.1, -0.05) is 82.7 Å². The minimum Gasteiger partial charge on any atom is -0.478 e. The Morgan fingerprint density at radius 2 is 1.67 bits per heavy atom. The number of thiazole rings is 1. The number of fused-ring (bicyclic) bond motifs is 2. The number of esters is 1. The summed E-state index contributed by atoms with van der Waals surface area (Å²) in [6.45, 7) is 0. The summed E-state index contributed by atoms with van der Waals surface area (Å²) in [5.74, 6) is -0.0958. The van der Waals surface area contributed by atoms with E-state index in [0.29, 0.717) is 27.8 Å². The fourth-order valence-electron chi connectivity index (χ4n) is 3.90. The lowest BCUT2D eigenvalue weighted by molar-refractivity contribution is 0.0594. The van der Waals surface area contributed by atoms with Gasteiger partial charge < -0.3 is 9.47 Å². The summed E-state index contributed by atoms with van der Waals surface area (Å²) >= 11 is 5.16. The third-order valence-electron chi connectivity index (χ3n) is 5.48. The molecule has 7 heteroatoms. The molecule has 0 aliphatic rings. The van der Waals surface area contributed by atoms with Crippen LogP contribution in [0, 0.1) is 0 Å². The van der Waals surface area contributed by atoms with Gasteiger partial charge in [-0.15, -0.1) is 11.3 Å². The van der Waals surface area contributed by atoms with Crippen LogP contribution in [-0.4, -0.2) is 23.0 Å². The summed E-state index contributed by atoms with van der Waals surface area (Å²) in [6.07, 6.45) is -0.443. The molecule has 0 atom stereocenters. The predicted octanol–water partition coefficient (Wildman–Crippen LogP) is 6.69. The molecule has 2 aromatic heterocycles. The number of alkyl halides is 1. The Labute approximate surface area is 203 Å². The third-order valence-corrected chi connectivity index (χ3v) is 6.91. The van der Waals surface area contributed by atoms with E-state index in [1.807, 2.05) is 66.7 Å². The zero-order chi connectivity index (χ0) is 22.8. The highest BCUT2D eigenvalue weighted by Gasteiger charge is 2.25. The molecule has 0 unspecified atom stereocenters. The molecule has 0 aliphatic heterocycles. The van der Waals surface area contributed by atoms with Crippen molar-refractivity contribution in [2.45, 2.75) is 11.4 Å². The number of carbonyl (C=O) groups is 1. The number of rotatable bonds is 6. The molecule has 2 heterocycles. The second kappa shape index (κ2) is 9.29. The first-order valence-corrected chi connectivity index (χ1v) is 12.3. The van der Waals surface area contributed by atoms with E-state index in [-0.39, 0.29) is 0 Å². The highest BCUT2D eigenvalue weighted by molar-refractivity contribution is 9.08. The predicted molar refractivity (Wildman–Crippen MR) is 134 cm³/mol. The van der Waals surface area contributed by atoms with Crippen molar-refractivity contribution in [2.75, 3.05) is 7.11 Å². The van der Waals surface area contributed by atoms with E-state index in [1.54, 1.807) is 22.9 Å². The largest absolute Gasteiger partial charge is 0.478 e. The molecule has 0 aliphatic carbocycles. The average Bonchev–Trinajstić information content (AvgIpc) is 3.34. The van der Waals surface area contributed by atoms with Crippen LogP contribution in [0.2, 0.25) is 0 Å². The number of benzene rings is 3. The van der Waals surface area contributed by atoms with Crippen molar-refractivity contribution in [1.82, 2.24) is 9.97 Å². The minimum atomic E-state index is -0.479. The number of hydrogen-bond donors (Lipinski definition) is 0. The van der Waals surface area contributed by atoms with Gasteiger partial charge in [-0.05, 0) is 22.8 Å². The zero-order valence-electron chi connectivity index (χ0n) is 17.7. The van der Waals surface area contributed by atoms with E-state index in [2.05, 4.69) is 20.9 Å². The van der Waals surface area contributed by atoms with Crippen molar-refractivity contribution in [3.05, 3.63) is 101 Å². The standard InChI is InChI=1S/C26H19BrN2O3S/c1-31-26(30)19-13-12-18-20(14-27)24-25(28-15-33-24)29-21(18)23(19)32-22(16-8-4-2-5-9-16)17-10-6-3-7-11-17/h2-13,15,22H,14H2,1H3. The number of pyridine rings is 1. The Bertz CT molecular complexity index is 1400. The van der Waals surface area contributed by atoms with Crippen molar-refractivity contribution in [3.8, 4) is 5.75 Å². The maximum atomic E-state index is 12.7. The molecule has 5 nitrogen and oxygen atoms in total. The van der Waals surface area contributed by atoms with Gasteiger partial charge in [0.05, 0.1) is 17.3 Å². The fourth-order valence-corrected chi connectivity index (χ4v) is 5.46. The average molecular weight is 519 g/mol. The first kappa shape index (κ1) is 21.6. The van der Waals surface area contributed by atoms with Crippen molar-refractivity contribution >= 4 is 54.5 Å². The lowest BCUT2D eigenvalue weighted by Crippen LogP contribution is -2.13. The van der Waals surface area contributed by atoms with Crippen LogP contribution in [0.3, 0.4) is 0 Å². The number of aromatic nitrogens is 2. The number of methoxy groups -OCH3 is 1. The van der Waals surface area contributed by atoms with Crippen LogP contribution in [0.4, 0.5) is 0 Å². The molecule has 0 saturated carbocycles. The van der Waals surface area contributed by atoms with E-state index < -0.39 is 12.1 Å². The van der Waals surface area contributed by atoms with Gasteiger partial charge in [0.2, 0.25) is 0 Å². The Kier molecular flexibility index (Phi) is 6.07. The van der Waals surface area contributed by atoms with Gasteiger partial charge in [0.25, 0.3) is 0 Å². The van der Waals surface area contributed by atoms with Crippen molar-refractivity contribution in [2.24, 2.45) is 0 Å². The Hall–Kier alpha value is -3.29. The summed E-state index contributed by atoms with van der Waals surface area (Å²) in [4.78, 5) is 22.0. The summed E-state index contributed by atoms with van der Waals surface area (Å²) in [5, 5.41) is 1.54. The van der Waals surface area contributed by atoms with Gasteiger partial charge in [-0.3, -0.25) is 0 Å². The number of halogens is 1. The van der Waals surface area contributed by atoms with E-state index in [1.165, 1.54) is 7.11 Å². The summed E-state index contributed by atoms with van der Waals surface area (Å²) in [6, 6.07) is 23.5. The first-order chi connectivity index (χ1) is 16.2. The highest BCUT2D eigenvalue weighted by atomic mass is 79.9. The summed E-state index contributed by atoms with van der Waals surface area (Å²) < 4.78 is 12.8. The molecule has 33 heavy (non-hydrogen) atoms. The van der Waals surface area contributed by atoms with Crippen LogP contribution in [0.15, 0.2) is 78.3 Å². The molecule has 5 rings (SSSR count). The molecule has 0 spiro atoms. The quantitative estimate of drug-likeness (QED) is 0.185. The number of ether oxygens (including phenoxy) is 2. The molecule has 3 aromatic carbocycles. The summed E-state index contributed by atoms with van der Waals surface area (Å²) in [5.41, 5.74) is 6.31. The molecule has 0 fully saturated rings. The topological polar surface area (TPSA) is 61.3 Å². The summed E-state index contributed by atoms with van der Waals surface area (Å²) in [7, 11) is 1.36. The maximum Gasteiger partial charge on any atom is 0.341 e. The second-order valence-corrected chi connectivity index (χ2v) is 8.79. The molecule has 5 aromatic rings. The smallest absolute Gasteiger partial charge is 0.341 e. The normalized spacial score (nSPS) is 11.2. The second-order valence-electron chi connectivity index (χ2n) is 7.38. The van der Waals surface area contributed by atoms with Gasteiger partial charge in [0, 0.05) is 10.7 Å².